The number of aromatic nitrogens is 6. The molecular formula is C69H43N7. The molecule has 0 aliphatic heterocycles. The molecule has 0 amide bonds. The van der Waals surface area contributed by atoms with Gasteiger partial charge in [-0.05, 0) is 146 Å². The van der Waals surface area contributed by atoms with E-state index in [0.29, 0.717) is 5.69 Å². The van der Waals surface area contributed by atoms with Crippen molar-refractivity contribution in [2.75, 3.05) is 0 Å². The Bertz CT molecular complexity index is 4480. The molecule has 0 aliphatic rings. The Balaban J connectivity index is 1.04. The topological polar surface area (TPSA) is 48.8 Å². The molecule has 4 heterocycles. The van der Waals surface area contributed by atoms with Gasteiger partial charge in [-0.25, -0.2) is 14.8 Å². The summed E-state index contributed by atoms with van der Waals surface area (Å²) in [6.07, 6.45) is 0. The second-order valence-electron chi connectivity index (χ2n) is 19.3. The van der Waals surface area contributed by atoms with Gasteiger partial charge in [-0.3, -0.25) is 17.9 Å². The summed E-state index contributed by atoms with van der Waals surface area (Å²) >= 11 is 0. The number of benzene rings is 11. The molecule has 0 saturated carbocycles. The Labute approximate surface area is 437 Å². The monoisotopic (exact) mass is 969 g/mol. The van der Waals surface area contributed by atoms with Crippen molar-refractivity contribution in [2.45, 2.75) is 0 Å². The van der Waals surface area contributed by atoms with E-state index >= 15 is 0 Å². The van der Waals surface area contributed by atoms with E-state index in [1.54, 1.807) is 0 Å². The van der Waals surface area contributed by atoms with Gasteiger partial charge in [0.05, 0.1) is 50.7 Å². The molecule has 354 valence electrons. The lowest BCUT2D eigenvalue weighted by Crippen LogP contribution is -1.96. The highest BCUT2D eigenvalue weighted by molar-refractivity contribution is 6.09. The fourth-order valence-electron chi connectivity index (χ4n) is 11.5. The molecule has 11 aromatic carbocycles. The van der Waals surface area contributed by atoms with E-state index in [2.05, 4.69) is 272 Å². The first-order valence-electron chi connectivity index (χ1n) is 25.5. The molecule has 4 aromatic heterocycles. The third kappa shape index (κ3) is 6.75. The normalized spacial score (nSPS) is 11.7. The van der Waals surface area contributed by atoms with Crippen molar-refractivity contribution in [1.82, 2.24) is 27.9 Å². The van der Waals surface area contributed by atoms with Crippen molar-refractivity contribution < 1.29 is 0 Å². The fourth-order valence-corrected chi connectivity index (χ4v) is 11.5. The van der Waals surface area contributed by atoms with E-state index in [0.717, 1.165) is 134 Å². The second kappa shape index (κ2) is 17.3. The number of hydrogen-bond acceptors (Lipinski definition) is 2. The lowest BCUT2D eigenvalue weighted by molar-refractivity contribution is 1.11. The van der Waals surface area contributed by atoms with Crippen LogP contribution in [0, 0.1) is 6.57 Å². The summed E-state index contributed by atoms with van der Waals surface area (Å²) in [7, 11) is 0. The molecule has 76 heavy (non-hydrogen) atoms. The van der Waals surface area contributed by atoms with E-state index in [-0.39, 0.29) is 0 Å². The smallest absolute Gasteiger partial charge is 0.220 e. The van der Waals surface area contributed by atoms with Gasteiger partial charge in [-0.15, -0.1) is 0 Å². The van der Waals surface area contributed by atoms with Crippen molar-refractivity contribution in [3.63, 3.8) is 0 Å². The molecule has 0 atom stereocenters. The number of nitrogens with zero attached hydrogens (tertiary/aromatic N) is 7. The van der Waals surface area contributed by atoms with Crippen molar-refractivity contribution >= 4 is 61.4 Å². The minimum atomic E-state index is 0.570. The summed E-state index contributed by atoms with van der Waals surface area (Å²) in [4.78, 5) is 15.3. The van der Waals surface area contributed by atoms with E-state index < -0.39 is 0 Å². The molecule has 0 unspecified atom stereocenters. The van der Waals surface area contributed by atoms with Crippen LogP contribution in [0.15, 0.2) is 261 Å². The molecule has 0 bridgehead atoms. The van der Waals surface area contributed by atoms with Gasteiger partial charge >= 0.3 is 0 Å². The highest BCUT2D eigenvalue weighted by Gasteiger charge is 2.27. The summed E-state index contributed by atoms with van der Waals surface area (Å²) in [5.41, 5.74) is 22.5. The molecule has 0 aliphatic carbocycles. The SMILES string of the molecule is [C-]#[N+]c1c(-c2ccc3c(c2)n2c4cc(-c5ccccc5)ccc4nc2n3-c2ccccc2)c(-c2ccccc2)cc(-c2ccccc2)c1-c1ccc2c(c1)n1c3cc(-c4ccccc4)ccc3nc1n2-c1ccccc1. The second-order valence-corrected chi connectivity index (χ2v) is 19.3. The van der Waals surface area contributed by atoms with Crippen LogP contribution in [0.3, 0.4) is 0 Å². The standard InChI is InChI=1S/C69H43N7/c1-70-67-65(51-34-38-59-63(42-51)75-61-40-49(45-20-8-2-9-21-45)32-36-57(61)71-68(75)73(59)53-28-16-6-17-29-53)55(47-24-12-4-13-25-47)44-56(48-26-14-5-15-27-48)66(67)52-35-39-60-64(43-52)76-62-41-50(46-22-10-3-11-23-46)33-37-58(62)72-69(76)74(60)54-30-18-7-19-31-54/h2-44H. The molecule has 7 heteroatoms. The van der Waals surface area contributed by atoms with Crippen molar-refractivity contribution in [3.8, 4) is 78.1 Å². The zero-order valence-electron chi connectivity index (χ0n) is 41.0. The van der Waals surface area contributed by atoms with Crippen molar-refractivity contribution in [3.05, 3.63) is 272 Å². The number of para-hydroxylation sites is 2. The van der Waals surface area contributed by atoms with Gasteiger partial charge in [0.2, 0.25) is 17.2 Å². The van der Waals surface area contributed by atoms with Crippen LogP contribution in [-0.4, -0.2) is 27.9 Å². The molecule has 0 spiro atoms. The molecule has 0 N–H and O–H groups in total. The van der Waals surface area contributed by atoms with Crippen LogP contribution >= 0.6 is 0 Å². The highest BCUT2D eigenvalue weighted by Crippen LogP contribution is 2.52. The Morgan fingerprint density at radius 3 is 1.01 bits per heavy atom. The zero-order valence-corrected chi connectivity index (χ0v) is 41.0. The summed E-state index contributed by atoms with van der Waals surface area (Å²) < 4.78 is 9.09. The van der Waals surface area contributed by atoms with E-state index in [1.807, 2.05) is 12.1 Å². The number of rotatable bonds is 8. The van der Waals surface area contributed by atoms with Gasteiger partial charge in [0.15, 0.2) is 0 Å². The minimum absolute atomic E-state index is 0.570. The van der Waals surface area contributed by atoms with Crippen LogP contribution in [0.1, 0.15) is 0 Å². The van der Waals surface area contributed by atoms with E-state index in [9.17, 15) is 6.57 Å². The van der Waals surface area contributed by atoms with Crippen LogP contribution in [0.25, 0.3) is 139 Å². The molecule has 15 aromatic rings. The summed E-state index contributed by atoms with van der Waals surface area (Å²) in [5.74, 6) is 1.63. The Hall–Kier alpha value is -10.6. The predicted octanol–water partition coefficient (Wildman–Crippen LogP) is 17.7. The number of fused-ring (bicyclic) bond motifs is 10. The third-order valence-electron chi connectivity index (χ3n) is 15.0. The zero-order chi connectivity index (χ0) is 50.3. The van der Waals surface area contributed by atoms with Gasteiger partial charge in [0, 0.05) is 11.4 Å². The quantitative estimate of drug-likeness (QED) is 0.142. The summed E-state index contributed by atoms with van der Waals surface area (Å²) in [6.45, 7) is 9.43. The molecular weight excluding hydrogens is 927 g/mol. The van der Waals surface area contributed by atoms with E-state index in [4.69, 9.17) is 9.97 Å². The first kappa shape index (κ1) is 43.1. The molecule has 0 radical (unpaired) electrons. The lowest BCUT2D eigenvalue weighted by Gasteiger charge is -2.21. The van der Waals surface area contributed by atoms with Gasteiger partial charge in [0.1, 0.15) is 0 Å². The average molecular weight is 970 g/mol. The molecule has 7 nitrogen and oxygen atoms in total. The van der Waals surface area contributed by atoms with Gasteiger partial charge < -0.3 is 0 Å². The van der Waals surface area contributed by atoms with Crippen LogP contribution in [0.2, 0.25) is 0 Å². The van der Waals surface area contributed by atoms with Crippen LogP contribution in [0.4, 0.5) is 5.69 Å². The summed E-state index contributed by atoms with van der Waals surface area (Å²) in [5, 5.41) is 0. The van der Waals surface area contributed by atoms with E-state index in [1.165, 1.54) is 0 Å². The van der Waals surface area contributed by atoms with Gasteiger partial charge in [-0.1, -0.05) is 182 Å². The van der Waals surface area contributed by atoms with Crippen LogP contribution in [0.5, 0.6) is 0 Å². The number of imidazole rings is 4. The van der Waals surface area contributed by atoms with Gasteiger partial charge in [-0.2, -0.15) is 0 Å². The Kier molecular flexibility index (Phi) is 9.81. The average Bonchev–Trinajstić information content (AvgIpc) is 4.30. The first-order chi connectivity index (χ1) is 37.7. The first-order valence-corrected chi connectivity index (χ1v) is 25.5. The van der Waals surface area contributed by atoms with Crippen LogP contribution < -0.4 is 0 Å². The largest absolute Gasteiger partial charge is 0.278 e. The van der Waals surface area contributed by atoms with Crippen molar-refractivity contribution in [1.29, 1.82) is 0 Å². The predicted molar refractivity (Wildman–Crippen MR) is 311 cm³/mol. The fraction of sp³-hybridized carbons (Fsp3) is 0. The Morgan fingerprint density at radius 2 is 0.632 bits per heavy atom. The molecule has 0 fully saturated rings. The van der Waals surface area contributed by atoms with Crippen molar-refractivity contribution in [2.24, 2.45) is 0 Å². The number of hydrogen-bond donors (Lipinski definition) is 0. The Morgan fingerprint density at radius 1 is 0.289 bits per heavy atom. The maximum atomic E-state index is 9.43. The minimum Gasteiger partial charge on any atom is -0.278 e. The van der Waals surface area contributed by atoms with Crippen LogP contribution in [-0.2, 0) is 0 Å². The van der Waals surface area contributed by atoms with Gasteiger partial charge in [0.25, 0.3) is 0 Å². The maximum absolute atomic E-state index is 9.43. The third-order valence-corrected chi connectivity index (χ3v) is 15.0. The highest BCUT2D eigenvalue weighted by atomic mass is 15.2. The molecule has 0 saturated heterocycles. The molecule has 15 rings (SSSR count). The summed E-state index contributed by atoms with van der Waals surface area (Å²) in [6, 6.07) is 91.7. The maximum Gasteiger partial charge on any atom is 0.220 e. The lowest BCUT2D eigenvalue weighted by atomic mass is 9.83.